The van der Waals surface area contributed by atoms with E-state index >= 15 is 0 Å². The number of aliphatic carboxylic acids is 1. The Kier molecular flexibility index (Phi) is 2.26. The molecule has 0 aromatic carbocycles. The lowest BCUT2D eigenvalue weighted by molar-refractivity contribution is -0.132. The van der Waals surface area contributed by atoms with E-state index in [0.717, 1.165) is 0 Å². The van der Waals surface area contributed by atoms with E-state index in [1.165, 1.54) is 11.8 Å². The summed E-state index contributed by atoms with van der Waals surface area (Å²) in [6.45, 7) is 1.96. The summed E-state index contributed by atoms with van der Waals surface area (Å²) in [5, 5.41) is 8.86. The number of halogens is 1. The molecule has 0 saturated carbocycles. The van der Waals surface area contributed by atoms with Crippen LogP contribution >= 0.6 is 23.4 Å². The Morgan fingerprint density at radius 1 is 1.90 bits per heavy atom. The summed E-state index contributed by atoms with van der Waals surface area (Å²) in [5.74, 6) is -0.887. The lowest BCUT2D eigenvalue weighted by Crippen LogP contribution is -2.00. The average molecular weight is 179 g/mol. The Morgan fingerprint density at radius 2 is 2.50 bits per heavy atom. The topological polar surface area (TPSA) is 37.3 Å². The smallest absolute Gasteiger partial charge is 0.333 e. The van der Waals surface area contributed by atoms with Crippen molar-refractivity contribution < 1.29 is 9.90 Å². The van der Waals surface area contributed by atoms with Crippen LogP contribution in [0.25, 0.3) is 0 Å². The maximum absolute atomic E-state index is 10.4. The van der Waals surface area contributed by atoms with Gasteiger partial charge in [0.15, 0.2) is 0 Å². The molecule has 1 rings (SSSR count). The average Bonchev–Trinajstić information content (AvgIpc) is 2.10. The van der Waals surface area contributed by atoms with Crippen LogP contribution in [0.2, 0.25) is 0 Å². The van der Waals surface area contributed by atoms with E-state index in [9.17, 15) is 4.79 Å². The summed E-state index contributed by atoms with van der Waals surface area (Å²) < 4.78 is 0.444. The molecule has 0 aliphatic carbocycles. The number of carbonyl (C=O) groups is 1. The molecular weight excluding hydrogens is 172 g/mol. The molecule has 1 unspecified atom stereocenters. The van der Waals surface area contributed by atoms with Gasteiger partial charge in [0.2, 0.25) is 0 Å². The lowest BCUT2D eigenvalue weighted by Gasteiger charge is -1.95. The Bertz CT molecular complexity index is 200. The summed E-state index contributed by atoms with van der Waals surface area (Å²) in [7, 11) is 0. The highest BCUT2D eigenvalue weighted by atomic mass is 35.5. The summed E-state index contributed by atoms with van der Waals surface area (Å²) in [6, 6.07) is 0. The van der Waals surface area contributed by atoms with Crippen LogP contribution in [-0.2, 0) is 4.79 Å². The molecule has 1 aliphatic heterocycles. The van der Waals surface area contributed by atoms with E-state index in [4.69, 9.17) is 16.7 Å². The maximum Gasteiger partial charge on any atom is 0.333 e. The van der Waals surface area contributed by atoms with Crippen LogP contribution in [0.1, 0.15) is 13.3 Å². The van der Waals surface area contributed by atoms with Crippen LogP contribution in [0.4, 0.5) is 0 Å². The Morgan fingerprint density at radius 3 is 2.70 bits per heavy atom. The van der Waals surface area contributed by atoms with E-state index in [1.54, 1.807) is 0 Å². The fourth-order valence-corrected chi connectivity index (χ4v) is 2.36. The summed E-state index contributed by atoms with van der Waals surface area (Å²) in [5.41, 5.74) is 0.360. The highest BCUT2D eigenvalue weighted by molar-refractivity contribution is 8.05. The highest BCUT2D eigenvalue weighted by Crippen LogP contribution is 2.39. The molecule has 4 heteroatoms. The number of thioether (sulfide) groups is 1. The van der Waals surface area contributed by atoms with Crippen LogP contribution in [0.5, 0.6) is 0 Å². The van der Waals surface area contributed by atoms with E-state index in [0.29, 0.717) is 21.6 Å². The fraction of sp³-hybridized carbons (Fsp3) is 0.500. The SMILES string of the molecule is CC1CC(C(=O)O)=C(Cl)S1. The van der Waals surface area contributed by atoms with Gasteiger partial charge >= 0.3 is 5.97 Å². The van der Waals surface area contributed by atoms with Crippen molar-refractivity contribution in [2.75, 3.05) is 0 Å². The zero-order valence-electron chi connectivity index (χ0n) is 5.43. The molecule has 0 aromatic rings. The second kappa shape index (κ2) is 2.84. The summed E-state index contributed by atoms with van der Waals surface area (Å²) >= 11 is 7.05. The Balaban J connectivity index is 2.76. The molecule has 1 aliphatic rings. The molecule has 0 amide bonds. The molecule has 1 atom stereocenters. The molecule has 2 nitrogen and oxygen atoms in total. The molecule has 0 spiro atoms. The molecule has 56 valence electrons. The third kappa shape index (κ3) is 1.47. The Hall–Kier alpha value is -0.150. The number of hydrogen-bond donors (Lipinski definition) is 1. The minimum atomic E-state index is -0.887. The van der Waals surface area contributed by atoms with E-state index in [1.807, 2.05) is 6.92 Å². The lowest BCUT2D eigenvalue weighted by atomic mass is 10.2. The standard InChI is InChI=1S/C6H7ClO2S/c1-3-2-4(6(8)9)5(7)10-3/h3H,2H2,1H3,(H,8,9). The fourth-order valence-electron chi connectivity index (χ4n) is 0.829. The number of carboxylic acid groups (broad SMARTS) is 1. The Labute approximate surface area is 68.3 Å². The van der Waals surface area contributed by atoms with E-state index in [-0.39, 0.29) is 0 Å². The van der Waals surface area contributed by atoms with Gasteiger partial charge in [0, 0.05) is 5.25 Å². The predicted molar refractivity (Wildman–Crippen MR) is 42.2 cm³/mol. The van der Waals surface area contributed by atoms with Gasteiger partial charge in [-0.1, -0.05) is 18.5 Å². The maximum atomic E-state index is 10.4. The second-order valence-corrected chi connectivity index (χ2v) is 4.24. The van der Waals surface area contributed by atoms with Crippen molar-refractivity contribution >= 4 is 29.3 Å². The molecular formula is C6H7ClO2S. The van der Waals surface area contributed by atoms with Crippen LogP contribution in [0.3, 0.4) is 0 Å². The van der Waals surface area contributed by atoms with Gasteiger partial charge in [0.05, 0.1) is 9.94 Å². The summed E-state index contributed by atoms with van der Waals surface area (Å²) in [6.07, 6.45) is 0.582. The molecule has 0 saturated heterocycles. The third-order valence-corrected chi connectivity index (χ3v) is 2.81. The van der Waals surface area contributed by atoms with Crippen LogP contribution < -0.4 is 0 Å². The first-order valence-corrected chi connectivity index (χ1v) is 4.15. The van der Waals surface area contributed by atoms with Crippen molar-refractivity contribution in [1.82, 2.24) is 0 Å². The van der Waals surface area contributed by atoms with Gasteiger partial charge in [-0.25, -0.2) is 4.79 Å². The van der Waals surface area contributed by atoms with Crippen molar-refractivity contribution in [2.45, 2.75) is 18.6 Å². The minimum Gasteiger partial charge on any atom is -0.478 e. The first-order chi connectivity index (χ1) is 4.61. The van der Waals surface area contributed by atoms with Crippen molar-refractivity contribution in [1.29, 1.82) is 0 Å². The predicted octanol–water partition coefficient (Wildman–Crippen LogP) is 2.05. The molecule has 0 radical (unpaired) electrons. The first-order valence-electron chi connectivity index (χ1n) is 2.90. The van der Waals surface area contributed by atoms with Gasteiger partial charge in [0.1, 0.15) is 0 Å². The molecule has 0 bridgehead atoms. The molecule has 0 aromatic heterocycles. The van der Waals surface area contributed by atoms with Gasteiger partial charge in [-0.3, -0.25) is 0 Å². The number of hydrogen-bond acceptors (Lipinski definition) is 2. The normalized spacial score (nSPS) is 25.6. The molecule has 1 N–H and O–H groups in total. The quantitative estimate of drug-likeness (QED) is 0.668. The van der Waals surface area contributed by atoms with E-state index in [2.05, 4.69) is 0 Å². The minimum absolute atomic E-state index is 0.318. The van der Waals surface area contributed by atoms with Crippen molar-refractivity contribution in [3.8, 4) is 0 Å². The van der Waals surface area contributed by atoms with Crippen molar-refractivity contribution in [3.05, 3.63) is 9.94 Å². The highest BCUT2D eigenvalue weighted by Gasteiger charge is 2.24. The van der Waals surface area contributed by atoms with Crippen LogP contribution in [0.15, 0.2) is 9.94 Å². The van der Waals surface area contributed by atoms with Crippen molar-refractivity contribution in [3.63, 3.8) is 0 Å². The van der Waals surface area contributed by atoms with Crippen LogP contribution in [-0.4, -0.2) is 16.3 Å². The zero-order valence-corrected chi connectivity index (χ0v) is 7.00. The second-order valence-electron chi connectivity index (χ2n) is 2.19. The molecule has 1 heterocycles. The van der Waals surface area contributed by atoms with Crippen LogP contribution in [0, 0.1) is 0 Å². The largest absolute Gasteiger partial charge is 0.478 e. The molecule has 0 fully saturated rings. The van der Waals surface area contributed by atoms with Gasteiger partial charge in [-0.15, -0.1) is 11.8 Å². The monoisotopic (exact) mass is 178 g/mol. The first kappa shape index (κ1) is 7.95. The third-order valence-electron chi connectivity index (χ3n) is 1.29. The van der Waals surface area contributed by atoms with Gasteiger partial charge in [-0.2, -0.15) is 0 Å². The van der Waals surface area contributed by atoms with E-state index < -0.39 is 5.97 Å². The van der Waals surface area contributed by atoms with Crippen molar-refractivity contribution in [2.24, 2.45) is 0 Å². The number of rotatable bonds is 1. The molecule has 10 heavy (non-hydrogen) atoms. The van der Waals surface area contributed by atoms with Gasteiger partial charge in [-0.05, 0) is 6.42 Å². The van der Waals surface area contributed by atoms with Gasteiger partial charge in [0.25, 0.3) is 0 Å². The zero-order chi connectivity index (χ0) is 7.72. The summed E-state index contributed by atoms with van der Waals surface area (Å²) in [4.78, 5) is 10.4. The number of carboxylic acids is 1. The van der Waals surface area contributed by atoms with Gasteiger partial charge < -0.3 is 5.11 Å².